The number of rotatable bonds is 7. The largest absolute Gasteiger partial charge is 0.456 e. The Kier molecular flexibility index (Phi) is 11.7. The third-order valence-electron chi connectivity index (χ3n) is 18.4. The summed E-state index contributed by atoms with van der Waals surface area (Å²) in [5.74, 6) is 0. The average Bonchev–Trinajstić information content (AvgIpc) is 3.71. The smallest absolute Gasteiger partial charge is 0.137 e. The molecule has 0 N–H and O–H groups in total. The van der Waals surface area contributed by atoms with E-state index < -0.39 is 0 Å². The van der Waals surface area contributed by atoms with Crippen LogP contribution in [0.4, 0.5) is 34.1 Å². The number of nitrogens with zero attached hydrogens (tertiary/aromatic N) is 2. The van der Waals surface area contributed by atoms with Crippen molar-refractivity contribution in [1.82, 2.24) is 0 Å². The van der Waals surface area contributed by atoms with Crippen molar-refractivity contribution in [3.05, 3.63) is 177 Å². The van der Waals surface area contributed by atoms with Gasteiger partial charge in [-0.25, -0.2) is 0 Å². The minimum atomic E-state index is -0.0661. The number of halogens is 1. The van der Waals surface area contributed by atoms with Crippen molar-refractivity contribution in [2.45, 2.75) is 180 Å². The predicted molar refractivity (Wildman–Crippen MR) is 318 cm³/mol. The molecule has 0 fully saturated rings. The zero-order valence-electron chi connectivity index (χ0n) is 47.1. The summed E-state index contributed by atoms with van der Waals surface area (Å²) in [6.45, 7) is 35.9. The Morgan fingerprint density at radius 2 is 0.838 bits per heavy atom. The van der Waals surface area contributed by atoms with Crippen LogP contribution in [0.15, 0.2) is 138 Å². The molecule has 1 heterocycles. The fraction of sp³-hybridized carbons (Fsp3) is 0.400. The second kappa shape index (κ2) is 17.1. The van der Waals surface area contributed by atoms with E-state index in [4.69, 9.17) is 16.0 Å². The van der Waals surface area contributed by atoms with E-state index in [2.05, 4.69) is 247 Å². The molecular weight excluding hydrogens is 920 g/mol. The first-order chi connectivity index (χ1) is 34.6. The van der Waals surface area contributed by atoms with Gasteiger partial charge in [0.2, 0.25) is 0 Å². The minimum absolute atomic E-state index is 0.0266. The number of hydrogen-bond donors (Lipinski definition) is 0. The van der Waals surface area contributed by atoms with Crippen molar-refractivity contribution in [2.75, 3.05) is 9.80 Å². The monoisotopic (exact) mass is 999 g/mol. The molecule has 0 saturated heterocycles. The first-order valence-electron chi connectivity index (χ1n) is 27.6. The summed E-state index contributed by atoms with van der Waals surface area (Å²) in [7, 11) is 0. The molecule has 382 valence electrons. The molecule has 0 bridgehead atoms. The fourth-order valence-corrected chi connectivity index (χ4v) is 13.4. The van der Waals surface area contributed by atoms with Crippen LogP contribution >= 0.6 is 11.6 Å². The standard InChI is InChI=1S/C70H79ClN2O/c1-64(2,3)45-21-28-61(53(35-45)44-19-17-16-18-20-44)73(49-22-25-52-54-42-59-60(43-63(54)74-62(52)41-49)70(14,15)34-33-69(59,12)13)51-37-46(71)36-50(38-51)72(47-23-26-55-57(39-47)67(8,9)31-29-65(55,4)5)48-24-27-56-58(40-48)68(10,11)32-30-66(56,6)7/h16-28,35-43H,29-34H2,1-15H3. The van der Waals surface area contributed by atoms with E-state index in [9.17, 15) is 0 Å². The number of fused-ring (bicyclic) bond motifs is 6. The summed E-state index contributed by atoms with van der Waals surface area (Å²) < 4.78 is 7.02. The van der Waals surface area contributed by atoms with Gasteiger partial charge in [0.1, 0.15) is 11.2 Å². The van der Waals surface area contributed by atoms with Gasteiger partial charge in [0.15, 0.2) is 0 Å². The molecular formula is C70H79ClN2O. The Balaban J connectivity index is 1.17. The van der Waals surface area contributed by atoms with Crippen LogP contribution < -0.4 is 9.80 Å². The maximum absolute atomic E-state index is 7.61. The van der Waals surface area contributed by atoms with Gasteiger partial charge in [0.05, 0.1) is 5.69 Å². The zero-order valence-corrected chi connectivity index (χ0v) is 47.9. The summed E-state index contributed by atoms with van der Waals surface area (Å²) in [6, 6.07) is 50.8. The van der Waals surface area contributed by atoms with Crippen molar-refractivity contribution < 1.29 is 4.42 Å². The zero-order chi connectivity index (χ0) is 52.7. The molecule has 8 aromatic rings. The second-order valence-corrected chi connectivity index (χ2v) is 28.1. The van der Waals surface area contributed by atoms with Crippen LogP contribution in [0.25, 0.3) is 33.1 Å². The summed E-state index contributed by atoms with van der Waals surface area (Å²) in [4.78, 5) is 4.90. The quantitative estimate of drug-likeness (QED) is 0.159. The van der Waals surface area contributed by atoms with Crippen LogP contribution in [0.5, 0.6) is 0 Å². The third-order valence-corrected chi connectivity index (χ3v) is 18.7. The Morgan fingerprint density at radius 1 is 0.392 bits per heavy atom. The van der Waals surface area contributed by atoms with Gasteiger partial charge in [-0.05, 0) is 200 Å². The molecule has 3 aliphatic carbocycles. The summed E-state index contributed by atoms with van der Waals surface area (Å²) in [5.41, 5.74) is 20.6. The lowest BCUT2D eigenvalue weighted by atomic mass is 9.63. The Bertz CT molecular complexity index is 3440. The maximum Gasteiger partial charge on any atom is 0.137 e. The Hall–Kier alpha value is -5.77. The highest BCUT2D eigenvalue weighted by atomic mass is 35.5. The lowest BCUT2D eigenvalue weighted by Gasteiger charge is -2.43. The third kappa shape index (κ3) is 8.58. The highest BCUT2D eigenvalue weighted by molar-refractivity contribution is 6.31. The molecule has 1 aromatic heterocycles. The van der Waals surface area contributed by atoms with E-state index in [-0.39, 0.29) is 37.9 Å². The highest BCUT2D eigenvalue weighted by Gasteiger charge is 2.41. The van der Waals surface area contributed by atoms with Gasteiger partial charge < -0.3 is 14.2 Å². The SMILES string of the molecule is CC(C)(C)c1ccc(N(c2cc(Cl)cc(N(c3ccc4c(c3)C(C)(C)CCC4(C)C)c3ccc4c(c3)C(C)(C)CCC4(C)C)c2)c2ccc3c(c2)oc2cc4c(cc23)C(C)(C)CCC4(C)C)c(-c2ccccc2)c1. The molecule has 74 heavy (non-hydrogen) atoms. The van der Waals surface area contributed by atoms with Gasteiger partial charge in [0, 0.05) is 55.9 Å². The number of hydrogen-bond acceptors (Lipinski definition) is 3. The second-order valence-electron chi connectivity index (χ2n) is 27.6. The normalized spacial score (nSPS) is 18.9. The summed E-state index contributed by atoms with van der Waals surface area (Å²) >= 11 is 7.61. The molecule has 0 radical (unpaired) electrons. The Labute approximate surface area is 448 Å². The van der Waals surface area contributed by atoms with Crippen LogP contribution in [0, 0.1) is 0 Å². The van der Waals surface area contributed by atoms with Gasteiger partial charge in [-0.3, -0.25) is 0 Å². The topological polar surface area (TPSA) is 19.6 Å². The fourth-order valence-electron chi connectivity index (χ4n) is 13.1. The number of furan rings is 1. The first kappa shape index (κ1) is 50.4. The van der Waals surface area contributed by atoms with Crippen molar-refractivity contribution in [3.63, 3.8) is 0 Å². The molecule has 0 unspecified atom stereocenters. The molecule has 0 spiro atoms. The van der Waals surface area contributed by atoms with Crippen molar-refractivity contribution in [3.8, 4) is 11.1 Å². The van der Waals surface area contributed by atoms with E-state index >= 15 is 0 Å². The average molecular weight is 1000 g/mol. The first-order valence-corrected chi connectivity index (χ1v) is 27.9. The minimum Gasteiger partial charge on any atom is -0.456 e. The molecule has 0 amide bonds. The van der Waals surface area contributed by atoms with E-state index in [0.717, 1.165) is 87.5 Å². The maximum atomic E-state index is 7.61. The van der Waals surface area contributed by atoms with Gasteiger partial charge in [-0.1, -0.05) is 164 Å². The predicted octanol–water partition coefficient (Wildman–Crippen LogP) is 21.2. The van der Waals surface area contributed by atoms with Gasteiger partial charge >= 0.3 is 0 Å². The number of benzene rings is 7. The molecule has 11 rings (SSSR count). The molecule has 0 saturated carbocycles. The van der Waals surface area contributed by atoms with Gasteiger partial charge in [-0.2, -0.15) is 0 Å². The van der Waals surface area contributed by atoms with Crippen LogP contribution in [0.2, 0.25) is 5.02 Å². The van der Waals surface area contributed by atoms with E-state index in [1.54, 1.807) is 0 Å². The molecule has 0 atom stereocenters. The van der Waals surface area contributed by atoms with Crippen molar-refractivity contribution in [2.24, 2.45) is 0 Å². The van der Waals surface area contributed by atoms with E-state index in [1.165, 1.54) is 57.2 Å². The molecule has 7 aromatic carbocycles. The van der Waals surface area contributed by atoms with Crippen LogP contribution in [0.1, 0.15) is 181 Å². The Morgan fingerprint density at radius 3 is 1.36 bits per heavy atom. The summed E-state index contributed by atoms with van der Waals surface area (Å²) in [6.07, 6.45) is 6.93. The highest BCUT2D eigenvalue weighted by Crippen LogP contribution is 2.54. The van der Waals surface area contributed by atoms with E-state index in [0.29, 0.717) is 5.02 Å². The van der Waals surface area contributed by atoms with E-state index in [1.807, 2.05) is 0 Å². The number of anilines is 6. The van der Waals surface area contributed by atoms with Crippen molar-refractivity contribution in [1.29, 1.82) is 0 Å². The lowest BCUT2D eigenvalue weighted by molar-refractivity contribution is 0.332. The van der Waals surface area contributed by atoms with Crippen LogP contribution in [-0.4, -0.2) is 0 Å². The molecule has 0 aliphatic heterocycles. The molecule has 4 heteroatoms. The van der Waals surface area contributed by atoms with Crippen molar-refractivity contribution >= 4 is 67.7 Å². The van der Waals surface area contributed by atoms with Gasteiger partial charge in [0.25, 0.3) is 0 Å². The molecule has 3 aliphatic rings. The molecule has 3 nitrogen and oxygen atoms in total. The lowest BCUT2D eigenvalue weighted by Crippen LogP contribution is -2.34. The van der Waals surface area contributed by atoms with Gasteiger partial charge in [-0.15, -0.1) is 0 Å². The van der Waals surface area contributed by atoms with Crippen LogP contribution in [0.3, 0.4) is 0 Å². The van der Waals surface area contributed by atoms with Crippen LogP contribution in [-0.2, 0) is 37.9 Å². The summed E-state index contributed by atoms with van der Waals surface area (Å²) in [5, 5.41) is 2.97.